The first-order valence-electron chi connectivity index (χ1n) is 16.0. The van der Waals surface area contributed by atoms with Gasteiger partial charge < -0.3 is 33.9 Å². The molecule has 1 fully saturated rings. The molecule has 1 saturated heterocycles. The normalized spacial score (nSPS) is 22.8. The minimum atomic E-state index is -0.652. The molecule has 246 valence electrons. The molecule has 10 nitrogen and oxygen atoms in total. The highest BCUT2D eigenvalue weighted by atomic mass is 16.6. The van der Waals surface area contributed by atoms with Gasteiger partial charge in [-0.25, -0.2) is 4.79 Å². The van der Waals surface area contributed by atoms with E-state index in [4.69, 9.17) is 23.7 Å². The molecule has 10 heteroatoms. The van der Waals surface area contributed by atoms with Crippen molar-refractivity contribution in [1.82, 2.24) is 15.1 Å². The lowest BCUT2D eigenvalue weighted by Crippen LogP contribution is -2.53. The summed E-state index contributed by atoms with van der Waals surface area (Å²) in [6.45, 7) is 10.00. The van der Waals surface area contributed by atoms with E-state index in [0.717, 1.165) is 55.0 Å². The van der Waals surface area contributed by atoms with Crippen LogP contribution in [0.2, 0.25) is 0 Å². The first kappa shape index (κ1) is 32.7. The van der Waals surface area contributed by atoms with E-state index >= 15 is 0 Å². The number of amides is 2. The number of benzene rings is 2. The fourth-order valence-corrected chi connectivity index (χ4v) is 7.56. The van der Waals surface area contributed by atoms with Crippen molar-refractivity contribution in [2.24, 2.45) is 11.8 Å². The number of fused-ring (bicyclic) bond motifs is 4. The van der Waals surface area contributed by atoms with Crippen molar-refractivity contribution in [3.05, 3.63) is 46.5 Å². The Morgan fingerprint density at radius 1 is 0.844 bits per heavy atom. The maximum atomic E-state index is 14.0. The molecule has 3 heterocycles. The second kappa shape index (κ2) is 13.4. The molecule has 45 heavy (non-hydrogen) atoms. The second-order valence-electron chi connectivity index (χ2n) is 13.3. The van der Waals surface area contributed by atoms with Crippen LogP contribution in [-0.2, 0) is 22.4 Å². The standard InChI is InChI=1S/C35H49N3O7/c1-9-21-20-37-12-10-22-14-28(41-5)30(43-7)17-24(22)27(37)16-25(21)33-26-18-31(44-8)29(42-6)15-23(26)11-13-38(33)32(39)19-36-34(40)45-35(2,3)4/h14-15,17-18,21,25,27,33H,9-13,16,19-20H2,1-8H3,(H,36,40). The number of methoxy groups -OCH3 is 4. The number of hydrogen-bond acceptors (Lipinski definition) is 8. The van der Waals surface area contributed by atoms with E-state index in [-0.39, 0.29) is 30.5 Å². The second-order valence-corrected chi connectivity index (χ2v) is 13.3. The molecule has 3 aliphatic heterocycles. The molecule has 4 atom stereocenters. The van der Waals surface area contributed by atoms with Gasteiger partial charge in [0, 0.05) is 25.7 Å². The van der Waals surface area contributed by atoms with Crippen LogP contribution in [0.25, 0.3) is 0 Å². The fourth-order valence-electron chi connectivity index (χ4n) is 7.56. The van der Waals surface area contributed by atoms with Gasteiger partial charge in [-0.15, -0.1) is 0 Å². The van der Waals surface area contributed by atoms with E-state index in [1.165, 1.54) is 11.1 Å². The highest BCUT2D eigenvalue weighted by molar-refractivity contribution is 5.83. The average molecular weight is 624 g/mol. The number of hydrogen-bond donors (Lipinski definition) is 1. The Kier molecular flexibility index (Phi) is 9.72. The number of piperidine rings is 1. The summed E-state index contributed by atoms with van der Waals surface area (Å²) < 4.78 is 28.2. The van der Waals surface area contributed by atoms with Crippen LogP contribution in [0.1, 0.15) is 74.9 Å². The largest absolute Gasteiger partial charge is 0.493 e. The number of carbonyl (C=O) groups excluding carboxylic acids is 2. The van der Waals surface area contributed by atoms with Gasteiger partial charge in [0.15, 0.2) is 23.0 Å². The van der Waals surface area contributed by atoms with Gasteiger partial charge in [-0.1, -0.05) is 13.3 Å². The van der Waals surface area contributed by atoms with Crippen LogP contribution in [0.5, 0.6) is 23.0 Å². The van der Waals surface area contributed by atoms with Crippen LogP contribution >= 0.6 is 0 Å². The van der Waals surface area contributed by atoms with Gasteiger partial charge in [0.1, 0.15) is 12.1 Å². The van der Waals surface area contributed by atoms with Crippen LogP contribution in [0.15, 0.2) is 24.3 Å². The molecular formula is C35H49N3O7. The lowest BCUT2D eigenvalue weighted by atomic mass is 9.69. The van der Waals surface area contributed by atoms with E-state index in [0.29, 0.717) is 30.4 Å². The average Bonchev–Trinajstić information content (AvgIpc) is 3.03. The topological polar surface area (TPSA) is 98.8 Å². The van der Waals surface area contributed by atoms with E-state index in [1.54, 1.807) is 49.2 Å². The van der Waals surface area contributed by atoms with Crippen LogP contribution in [0.4, 0.5) is 4.79 Å². The molecule has 0 saturated carbocycles. The Morgan fingerprint density at radius 3 is 1.98 bits per heavy atom. The van der Waals surface area contributed by atoms with E-state index in [2.05, 4.69) is 41.4 Å². The number of alkyl carbamates (subject to hydrolysis) is 1. The van der Waals surface area contributed by atoms with Gasteiger partial charge in [0.05, 0.1) is 34.5 Å². The summed E-state index contributed by atoms with van der Waals surface area (Å²) in [4.78, 5) is 31.1. The molecule has 2 aromatic carbocycles. The van der Waals surface area contributed by atoms with Crippen molar-refractivity contribution >= 4 is 12.0 Å². The number of nitrogens with one attached hydrogen (secondary N) is 1. The molecule has 0 spiro atoms. The van der Waals surface area contributed by atoms with Crippen molar-refractivity contribution in [2.75, 3.05) is 54.6 Å². The van der Waals surface area contributed by atoms with E-state index < -0.39 is 11.7 Å². The van der Waals surface area contributed by atoms with Crippen molar-refractivity contribution < 1.29 is 33.3 Å². The molecule has 0 aliphatic carbocycles. The summed E-state index contributed by atoms with van der Waals surface area (Å²) in [5, 5.41) is 2.70. The number of ether oxygens (including phenoxy) is 5. The highest BCUT2D eigenvalue weighted by Gasteiger charge is 2.46. The van der Waals surface area contributed by atoms with Crippen LogP contribution in [-0.4, -0.2) is 82.0 Å². The Labute approximate surface area is 267 Å². The first-order chi connectivity index (χ1) is 21.5. The smallest absolute Gasteiger partial charge is 0.408 e. The third-order valence-electron chi connectivity index (χ3n) is 9.64. The summed E-state index contributed by atoms with van der Waals surface area (Å²) in [6.07, 6.45) is 2.91. The summed E-state index contributed by atoms with van der Waals surface area (Å²) in [5.41, 5.74) is 4.15. The van der Waals surface area contributed by atoms with Crippen molar-refractivity contribution in [2.45, 2.75) is 71.1 Å². The maximum absolute atomic E-state index is 14.0. The van der Waals surface area contributed by atoms with Gasteiger partial charge in [-0.3, -0.25) is 9.69 Å². The first-order valence-corrected chi connectivity index (χ1v) is 16.0. The summed E-state index contributed by atoms with van der Waals surface area (Å²) in [7, 11) is 6.64. The third-order valence-corrected chi connectivity index (χ3v) is 9.64. The maximum Gasteiger partial charge on any atom is 0.408 e. The molecule has 2 amide bonds. The predicted molar refractivity (Wildman–Crippen MR) is 171 cm³/mol. The van der Waals surface area contributed by atoms with Crippen molar-refractivity contribution in [3.63, 3.8) is 0 Å². The van der Waals surface area contributed by atoms with E-state index in [9.17, 15) is 9.59 Å². The molecule has 3 aliphatic rings. The molecule has 0 radical (unpaired) electrons. The molecule has 0 bridgehead atoms. The molecule has 2 aromatic rings. The van der Waals surface area contributed by atoms with Gasteiger partial charge in [-0.05, 0) is 98.4 Å². The molecule has 5 rings (SSSR count). The number of rotatable bonds is 8. The Balaban J connectivity index is 1.54. The quantitative estimate of drug-likeness (QED) is 0.422. The minimum absolute atomic E-state index is 0.126. The molecule has 4 unspecified atom stereocenters. The highest BCUT2D eigenvalue weighted by Crippen LogP contribution is 2.52. The zero-order valence-electron chi connectivity index (χ0n) is 28.0. The monoisotopic (exact) mass is 623 g/mol. The van der Waals surface area contributed by atoms with Gasteiger partial charge >= 0.3 is 6.09 Å². The Hall–Kier alpha value is -3.66. The fraction of sp³-hybridized carbons (Fsp3) is 0.600. The van der Waals surface area contributed by atoms with Crippen molar-refractivity contribution in [3.8, 4) is 23.0 Å². The van der Waals surface area contributed by atoms with E-state index in [1.807, 2.05) is 4.90 Å². The lowest BCUT2D eigenvalue weighted by molar-refractivity contribution is -0.136. The summed E-state index contributed by atoms with van der Waals surface area (Å²) in [6, 6.07) is 8.37. The molecule has 0 aromatic heterocycles. The van der Waals surface area contributed by atoms with Crippen molar-refractivity contribution in [1.29, 1.82) is 0 Å². The molecule has 1 N–H and O–H groups in total. The van der Waals surface area contributed by atoms with Crippen LogP contribution in [0, 0.1) is 11.8 Å². The Morgan fingerprint density at radius 2 is 1.40 bits per heavy atom. The zero-order valence-corrected chi connectivity index (χ0v) is 28.0. The predicted octanol–water partition coefficient (Wildman–Crippen LogP) is 5.32. The van der Waals surface area contributed by atoms with Gasteiger partial charge in [0.2, 0.25) is 5.91 Å². The lowest BCUT2D eigenvalue weighted by Gasteiger charge is -2.52. The third kappa shape index (κ3) is 6.66. The Bertz CT molecular complexity index is 1400. The SMILES string of the molecule is CCC1CN2CCc3cc(OC)c(OC)cc3C2CC1C1c2cc(OC)c(OC)cc2CCN1C(=O)CNC(=O)OC(C)(C)C. The van der Waals surface area contributed by atoms with Gasteiger partial charge in [0.25, 0.3) is 0 Å². The number of carbonyl (C=O) groups is 2. The van der Waals surface area contributed by atoms with Crippen LogP contribution in [0.3, 0.4) is 0 Å². The zero-order chi connectivity index (χ0) is 32.5. The van der Waals surface area contributed by atoms with Crippen LogP contribution < -0.4 is 24.3 Å². The molecular weight excluding hydrogens is 574 g/mol. The van der Waals surface area contributed by atoms with Gasteiger partial charge in [-0.2, -0.15) is 0 Å². The summed E-state index contributed by atoms with van der Waals surface area (Å²) in [5.74, 6) is 3.22. The summed E-state index contributed by atoms with van der Waals surface area (Å²) >= 11 is 0. The minimum Gasteiger partial charge on any atom is -0.493 e. The number of nitrogens with zero attached hydrogens (tertiary/aromatic N) is 2.